The molecule has 0 radical (unpaired) electrons. The number of anilines is 1. The molecule has 0 aliphatic heterocycles. The topological polar surface area (TPSA) is 194 Å². The van der Waals surface area contributed by atoms with Gasteiger partial charge < -0.3 is 26.2 Å². The lowest BCUT2D eigenvalue weighted by Gasteiger charge is -2.50. The van der Waals surface area contributed by atoms with Crippen LogP contribution in [0.5, 0.6) is 5.75 Å². The van der Waals surface area contributed by atoms with Gasteiger partial charge in [-0.25, -0.2) is 5.01 Å². The summed E-state index contributed by atoms with van der Waals surface area (Å²) in [5, 5.41) is 47.7. The van der Waals surface area contributed by atoms with Crippen molar-refractivity contribution < 1.29 is 34.8 Å². The second kappa shape index (κ2) is 7.64. The molecule has 4 atom stereocenters. The standard InChI is InChI=1S/C22H24N4O8/c1-25(2)16-10-7-8-6-9-11(26(3)24-34)4-5-12(27)14(9)17(28)13(8)19(30)22(10,33)20(31)15(18(16)29)21(23)32/h4-5,8,10,16,27-28,31,33H,6-7H2,1-3H3,(H2,23,32)/t8-,10-,16-,22-/m0/s1. The SMILES string of the molecule is CN(N=O)c1ccc(O)c2c1C[C@H]1C[C@H]3[C@H](N(C)C)C(=O)C(C(N)=O)=C(O)[C@@]3(O)C(=O)C1=C2O. The number of benzene rings is 1. The Morgan fingerprint density at radius 3 is 2.38 bits per heavy atom. The number of Topliss-reactive ketones (excluding diaryl/α,β-unsaturated/α-hetero) is 2. The molecule has 34 heavy (non-hydrogen) atoms. The van der Waals surface area contributed by atoms with Crippen LogP contribution in [-0.2, 0) is 20.8 Å². The number of carbonyl (C=O) groups excluding carboxylic acids is 3. The highest BCUT2D eigenvalue weighted by atomic mass is 16.3. The van der Waals surface area contributed by atoms with Gasteiger partial charge in [0.15, 0.2) is 11.4 Å². The number of nitroso groups, excluding NO2 is 1. The Morgan fingerprint density at radius 2 is 1.82 bits per heavy atom. The first-order chi connectivity index (χ1) is 15.9. The molecule has 3 aliphatic carbocycles. The number of carbonyl (C=O) groups is 3. The van der Waals surface area contributed by atoms with Crippen LogP contribution < -0.4 is 10.7 Å². The van der Waals surface area contributed by atoms with E-state index in [0.717, 1.165) is 5.01 Å². The summed E-state index contributed by atoms with van der Waals surface area (Å²) in [4.78, 5) is 51.2. The summed E-state index contributed by atoms with van der Waals surface area (Å²) < 4.78 is 0. The van der Waals surface area contributed by atoms with Crippen LogP contribution in [0.2, 0.25) is 0 Å². The molecule has 0 unspecified atom stereocenters. The number of aliphatic hydroxyl groups excluding tert-OH is 2. The Hall–Kier alpha value is -3.77. The molecule has 6 N–H and O–H groups in total. The molecule has 0 heterocycles. The summed E-state index contributed by atoms with van der Waals surface area (Å²) >= 11 is 0. The fraction of sp³-hybridized carbons (Fsp3) is 0.409. The number of primary amides is 1. The number of hydrogen-bond acceptors (Lipinski definition) is 10. The number of ketones is 2. The molecule has 4 rings (SSSR count). The number of phenols is 1. The summed E-state index contributed by atoms with van der Waals surface area (Å²) in [6.45, 7) is 0. The number of likely N-dealkylation sites (N-methyl/N-ethyl adjacent to an activating group) is 1. The fourth-order valence-electron chi connectivity index (χ4n) is 5.57. The summed E-state index contributed by atoms with van der Waals surface area (Å²) in [6, 6.07) is 1.50. The smallest absolute Gasteiger partial charge is 0.255 e. The average molecular weight is 472 g/mol. The molecule has 0 spiro atoms. The van der Waals surface area contributed by atoms with E-state index in [-0.39, 0.29) is 29.7 Å². The first-order valence-corrected chi connectivity index (χ1v) is 10.4. The van der Waals surface area contributed by atoms with Crippen LogP contribution in [0.1, 0.15) is 17.5 Å². The van der Waals surface area contributed by atoms with E-state index in [1.165, 1.54) is 38.2 Å². The molecular formula is C22H24N4O8. The van der Waals surface area contributed by atoms with Gasteiger partial charge in [0.05, 0.1) is 22.6 Å². The van der Waals surface area contributed by atoms with Gasteiger partial charge in [-0.3, -0.25) is 19.3 Å². The molecule has 0 aromatic heterocycles. The van der Waals surface area contributed by atoms with E-state index in [9.17, 15) is 39.7 Å². The molecular weight excluding hydrogens is 448 g/mol. The third-order valence-corrected chi connectivity index (χ3v) is 7.05. The average Bonchev–Trinajstić information content (AvgIpc) is 2.75. The van der Waals surface area contributed by atoms with Crippen molar-refractivity contribution in [2.75, 3.05) is 26.2 Å². The van der Waals surface area contributed by atoms with E-state index in [2.05, 4.69) is 5.29 Å². The van der Waals surface area contributed by atoms with Crippen molar-refractivity contribution in [2.45, 2.75) is 24.5 Å². The van der Waals surface area contributed by atoms with Crippen molar-refractivity contribution >= 4 is 28.9 Å². The summed E-state index contributed by atoms with van der Waals surface area (Å²) in [6.07, 6.45) is 0.0250. The predicted octanol–water partition coefficient (Wildman–Crippen LogP) is 0.0816. The van der Waals surface area contributed by atoms with Gasteiger partial charge in [-0.2, -0.15) is 0 Å². The van der Waals surface area contributed by atoms with Crippen LogP contribution in [0.15, 0.2) is 34.3 Å². The minimum atomic E-state index is -2.70. The van der Waals surface area contributed by atoms with Gasteiger partial charge in [-0.05, 0) is 50.6 Å². The van der Waals surface area contributed by atoms with E-state index < -0.39 is 58.0 Å². The highest BCUT2D eigenvalue weighted by Crippen LogP contribution is 2.53. The molecule has 1 aromatic rings. The molecule has 12 nitrogen and oxygen atoms in total. The van der Waals surface area contributed by atoms with Crippen molar-refractivity contribution in [1.82, 2.24) is 4.90 Å². The van der Waals surface area contributed by atoms with Crippen molar-refractivity contribution in [3.63, 3.8) is 0 Å². The zero-order valence-electron chi connectivity index (χ0n) is 18.6. The number of hydrogen-bond donors (Lipinski definition) is 5. The lowest BCUT2D eigenvalue weighted by molar-refractivity contribution is -0.153. The fourth-order valence-corrected chi connectivity index (χ4v) is 5.57. The van der Waals surface area contributed by atoms with Gasteiger partial charge in [0.1, 0.15) is 22.8 Å². The molecule has 1 fully saturated rings. The van der Waals surface area contributed by atoms with E-state index in [1.54, 1.807) is 0 Å². The summed E-state index contributed by atoms with van der Waals surface area (Å²) in [7, 11) is 4.43. The summed E-state index contributed by atoms with van der Waals surface area (Å²) in [5.41, 5.74) is 2.00. The third kappa shape index (κ3) is 2.88. The van der Waals surface area contributed by atoms with Gasteiger partial charge in [-0.15, -0.1) is 4.91 Å². The molecule has 12 heteroatoms. The third-order valence-electron chi connectivity index (χ3n) is 7.05. The van der Waals surface area contributed by atoms with E-state index in [0.29, 0.717) is 11.3 Å². The largest absolute Gasteiger partial charge is 0.508 e. The number of nitrogens with zero attached hydrogens (tertiary/aromatic N) is 3. The van der Waals surface area contributed by atoms with Crippen LogP contribution in [-0.4, -0.2) is 75.6 Å². The lowest BCUT2D eigenvalue weighted by atomic mass is 9.57. The quantitative estimate of drug-likeness (QED) is 0.227. The van der Waals surface area contributed by atoms with Gasteiger partial charge in [0.2, 0.25) is 5.78 Å². The minimum absolute atomic E-state index is 0.0426. The predicted molar refractivity (Wildman–Crippen MR) is 118 cm³/mol. The second-order valence-electron chi connectivity index (χ2n) is 9.02. The monoisotopic (exact) mass is 472 g/mol. The van der Waals surface area contributed by atoms with Crippen LogP contribution in [0, 0.1) is 16.7 Å². The summed E-state index contributed by atoms with van der Waals surface area (Å²) in [5.74, 6) is -7.27. The zero-order chi connectivity index (χ0) is 25.3. The zero-order valence-corrected chi connectivity index (χ0v) is 18.6. The maximum absolute atomic E-state index is 13.7. The van der Waals surface area contributed by atoms with E-state index in [4.69, 9.17) is 5.73 Å². The van der Waals surface area contributed by atoms with Crippen molar-refractivity contribution in [1.29, 1.82) is 0 Å². The molecule has 1 aromatic carbocycles. The van der Waals surface area contributed by atoms with Crippen LogP contribution in [0.4, 0.5) is 5.69 Å². The second-order valence-corrected chi connectivity index (χ2v) is 9.02. The molecule has 0 bridgehead atoms. The first kappa shape index (κ1) is 23.4. The Kier molecular flexibility index (Phi) is 5.25. The van der Waals surface area contributed by atoms with Crippen LogP contribution >= 0.6 is 0 Å². The lowest BCUT2D eigenvalue weighted by Crippen LogP contribution is -2.65. The Labute approximate surface area is 193 Å². The number of amides is 1. The van der Waals surface area contributed by atoms with Crippen molar-refractivity contribution in [2.24, 2.45) is 22.9 Å². The van der Waals surface area contributed by atoms with Gasteiger partial charge in [0, 0.05) is 18.5 Å². The van der Waals surface area contributed by atoms with Crippen LogP contribution in [0.25, 0.3) is 5.76 Å². The Balaban J connectivity index is 1.99. The van der Waals surface area contributed by atoms with E-state index in [1.807, 2.05) is 0 Å². The van der Waals surface area contributed by atoms with Gasteiger partial charge in [0.25, 0.3) is 5.91 Å². The maximum atomic E-state index is 13.7. The molecule has 180 valence electrons. The highest BCUT2D eigenvalue weighted by Gasteiger charge is 2.64. The number of nitrogens with two attached hydrogens (primary N) is 1. The molecule has 1 saturated carbocycles. The highest BCUT2D eigenvalue weighted by molar-refractivity contribution is 6.24. The van der Waals surface area contributed by atoms with Gasteiger partial charge in [-0.1, -0.05) is 0 Å². The number of aliphatic hydroxyl groups is 3. The van der Waals surface area contributed by atoms with Gasteiger partial charge >= 0.3 is 0 Å². The Morgan fingerprint density at radius 1 is 1.18 bits per heavy atom. The van der Waals surface area contributed by atoms with Crippen molar-refractivity contribution in [3.8, 4) is 5.75 Å². The first-order valence-electron chi connectivity index (χ1n) is 10.4. The van der Waals surface area contributed by atoms with Crippen LogP contribution in [0.3, 0.4) is 0 Å². The normalized spacial score (nSPS) is 28.4. The number of phenolic OH excluding ortho intramolecular Hbond substituents is 1. The molecule has 0 saturated heterocycles. The van der Waals surface area contributed by atoms with Crippen molar-refractivity contribution in [3.05, 3.63) is 45.1 Å². The maximum Gasteiger partial charge on any atom is 0.255 e. The minimum Gasteiger partial charge on any atom is -0.508 e. The number of rotatable bonds is 4. The number of fused-ring (bicyclic) bond motifs is 3. The Bertz CT molecular complexity index is 1220. The number of aromatic hydroxyl groups is 1. The van der Waals surface area contributed by atoms with E-state index >= 15 is 0 Å². The molecule has 3 aliphatic rings. The molecule has 1 amide bonds.